The number of benzene rings is 2. The highest BCUT2D eigenvalue weighted by molar-refractivity contribution is 8.00. The van der Waals surface area contributed by atoms with Crippen molar-refractivity contribution in [3.63, 3.8) is 0 Å². The minimum Gasteiger partial charge on any atom is -0.444 e. The van der Waals surface area contributed by atoms with Gasteiger partial charge in [-0.25, -0.2) is 9.18 Å². The Hall–Kier alpha value is -3.11. The lowest BCUT2D eigenvalue weighted by atomic mass is 9.91. The van der Waals surface area contributed by atoms with Crippen molar-refractivity contribution in [1.82, 2.24) is 5.32 Å². The van der Waals surface area contributed by atoms with Crippen molar-refractivity contribution in [2.45, 2.75) is 30.3 Å². The van der Waals surface area contributed by atoms with E-state index in [9.17, 15) is 18.8 Å². The van der Waals surface area contributed by atoms with Gasteiger partial charge in [-0.1, -0.05) is 6.07 Å². The maximum Gasteiger partial charge on any atom is 0.414 e. The summed E-state index contributed by atoms with van der Waals surface area (Å²) in [6.45, 7) is 2.10. The molecule has 35 heavy (non-hydrogen) atoms. The number of cyclic esters (lactones) is 1. The molecule has 2 N–H and O–H groups in total. The van der Waals surface area contributed by atoms with Crippen LogP contribution in [0.2, 0.25) is 0 Å². The third-order valence-electron chi connectivity index (χ3n) is 7.06. The van der Waals surface area contributed by atoms with E-state index in [1.54, 1.807) is 15.9 Å². The first-order valence-electron chi connectivity index (χ1n) is 11.8. The number of anilines is 3. The first kappa shape index (κ1) is 22.4. The molecule has 0 radical (unpaired) electrons. The van der Waals surface area contributed by atoms with Gasteiger partial charge < -0.3 is 20.3 Å². The van der Waals surface area contributed by atoms with Gasteiger partial charge in [-0.15, -0.1) is 11.8 Å². The van der Waals surface area contributed by atoms with Crippen LogP contribution in [-0.4, -0.2) is 55.9 Å². The Morgan fingerprint density at radius 2 is 2.06 bits per heavy atom. The highest BCUT2D eigenvalue weighted by Gasteiger charge is 2.38. The van der Waals surface area contributed by atoms with Crippen LogP contribution >= 0.6 is 11.8 Å². The molecule has 1 fully saturated rings. The summed E-state index contributed by atoms with van der Waals surface area (Å²) >= 11 is 1.48. The van der Waals surface area contributed by atoms with Crippen LogP contribution in [0.5, 0.6) is 0 Å². The van der Waals surface area contributed by atoms with Crippen LogP contribution in [0.15, 0.2) is 35.2 Å². The Labute approximate surface area is 206 Å². The van der Waals surface area contributed by atoms with Crippen LogP contribution < -0.4 is 20.4 Å². The summed E-state index contributed by atoms with van der Waals surface area (Å²) in [5.74, 6) is -0.0284. The minimum absolute atomic E-state index is 0.0467. The number of rotatable bonds is 6. The summed E-state index contributed by atoms with van der Waals surface area (Å²) in [5, 5.41) is 6.20. The van der Waals surface area contributed by atoms with Crippen molar-refractivity contribution in [3.8, 4) is 0 Å². The Morgan fingerprint density at radius 3 is 2.94 bits per heavy atom. The van der Waals surface area contributed by atoms with Gasteiger partial charge in [0.1, 0.15) is 11.9 Å². The fourth-order valence-electron chi connectivity index (χ4n) is 5.35. The number of ether oxygens (including phenoxy) is 1. The normalized spacial score (nSPS) is 22.7. The van der Waals surface area contributed by atoms with Crippen molar-refractivity contribution in [2.24, 2.45) is 5.92 Å². The fraction of sp³-hybridized carbons (Fsp3) is 0.400. The first-order chi connectivity index (χ1) is 17.0. The molecule has 2 aromatic rings. The van der Waals surface area contributed by atoms with Gasteiger partial charge in [0, 0.05) is 29.2 Å². The Kier molecular flexibility index (Phi) is 5.64. The Bertz CT molecular complexity index is 1240. The number of fused-ring (bicyclic) bond motifs is 1. The average Bonchev–Trinajstić information content (AvgIpc) is 3.46. The maximum atomic E-state index is 14.1. The van der Waals surface area contributed by atoms with Gasteiger partial charge in [-0.3, -0.25) is 14.5 Å². The number of nitrogens with one attached hydrogen (secondary N) is 2. The molecule has 182 valence electrons. The number of halogens is 1. The lowest BCUT2D eigenvalue weighted by molar-refractivity contribution is -0.122. The van der Waals surface area contributed by atoms with Crippen molar-refractivity contribution >= 4 is 46.7 Å². The molecule has 4 aliphatic heterocycles. The molecule has 0 aliphatic carbocycles. The number of carbonyl (C=O) groups is 3. The second-order valence-electron chi connectivity index (χ2n) is 9.30. The molecule has 4 heterocycles. The van der Waals surface area contributed by atoms with Crippen molar-refractivity contribution in [1.29, 1.82) is 0 Å². The highest BCUT2D eigenvalue weighted by Crippen LogP contribution is 2.39. The fourth-order valence-corrected chi connectivity index (χ4v) is 6.14. The molecule has 6 rings (SSSR count). The van der Waals surface area contributed by atoms with Crippen LogP contribution in [0, 0.1) is 11.7 Å². The molecule has 10 heteroatoms. The van der Waals surface area contributed by atoms with E-state index in [1.807, 2.05) is 18.2 Å². The van der Waals surface area contributed by atoms with Gasteiger partial charge in [0.25, 0.3) is 0 Å². The molecule has 0 aromatic heterocycles. The van der Waals surface area contributed by atoms with Gasteiger partial charge >= 0.3 is 6.09 Å². The van der Waals surface area contributed by atoms with Crippen LogP contribution in [0.4, 0.5) is 26.2 Å². The summed E-state index contributed by atoms with van der Waals surface area (Å²) in [6, 6.07) is 8.89. The zero-order chi connectivity index (χ0) is 24.1. The summed E-state index contributed by atoms with van der Waals surface area (Å²) < 4.78 is 19.6. The van der Waals surface area contributed by atoms with Gasteiger partial charge in [0.15, 0.2) is 0 Å². The minimum atomic E-state index is -0.402. The van der Waals surface area contributed by atoms with Crippen LogP contribution in [0.1, 0.15) is 17.5 Å². The number of carbonyl (C=O) groups excluding carboxylic acids is 3. The maximum absolute atomic E-state index is 14.1. The molecule has 1 unspecified atom stereocenters. The quantitative estimate of drug-likeness (QED) is 0.598. The van der Waals surface area contributed by atoms with E-state index in [0.717, 1.165) is 16.1 Å². The standard InChI is InChI=1S/C25H25FN4O4S/c26-19-3-1-14-9-15(24(32)29-8-6-18(19)23(14)29)11-27-7-5-17-12-30(25(33)34-17)16-2-4-21-20(10-16)28-22(31)13-35-21/h1-4,10,15,17,27H,5-9,11-13H2,(H,28,31)/t15?,17-/m0/s1. The number of hydrogen-bond donors (Lipinski definition) is 2. The molecular weight excluding hydrogens is 471 g/mol. The smallest absolute Gasteiger partial charge is 0.414 e. The molecule has 0 spiro atoms. The van der Waals surface area contributed by atoms with Gasteiger partial charge in [0.2, 0.25) is 11.8 Å². The summed E-state index contributed by atoms with van der Waals surface area (Å²) in [7, 11) is 0. The zero-order valence-corrected chi connectivity index (χ0v) is 19.8. The zero-order valence-electron chi connectivity index (χ0n) is 19.0. The molecule has 8 nitrogen and oxygen atoms in total. The lowest BCUT2D eigenvalue weighted by Gasteiger charge is -2.31. The Morgan fingerprint density at radius 1 is 1.17 bits per heavy atom. The molecule has 2 atom stereocenters. The number of hydrogen-bond acceptors (Lipinski definition) is 6. The number of amides is 3. The van der Waals surface area contributed by atoms with E-state index in [1.165, 1.54) is 17.8 Å². The predicted molar refractivity (Wildman–Crippen MR) is 131 cm³/mol. The van der Waals surface area contributed by atoms with E-state index in [0.29, 0.717) is 68.1 Å². The van der Waals surface area contributed by atoms with Gasteiger partial charge in [-0.2, -0.15) is 0 Å². The van der Waals surface area contributed by atoms with Crippen LogP contribution in [0.25, 0.3) is 0 Å². The Balaban J connectivity index is 1.02. The van der Waals surface area contributed by atoms with Crippen molar-refractivity contribution < 1.29 is 23.5 Å². The summed E-state index contributed by atoms with van der Waals surface area (Å²) in [5.41, 5.74) is 3.89. The van der Waals surface area contributed by atoms with Crippen molar-refractivity contribution in [3.05, 3.63) is 47.3 Å². The SMILES string of the molecule is O=C1CSc2ccc(N3C[C@H](CCNCC4Cc5ccc(F)c6c5N(CC6)C4=O)OC3=O)cc2N1. The molecule has 1 saturated heterocycles. The number of thioether (sulfide) groups is 1. The molecular formula is C25H25FN4O4S. The van der Waals surface area contributed by atoms with Crippen LogP contribution in [0.3, 0.4) is 0 Å². The number of nitrogens with zero attached hydrogens (tertiary/aromatic N) is 2. The average molecular weight is 497 g/mol. The second-order valence-corrected chi connectivity index (χ2v) is 10.3. The van der Waals surface area contributed by atoms with Crippen LogP contribution in [-0.2, 0) is 27.2 Å². The topological polar surface area (TPSA) is 91.0 Å². The molecule has 2 aromatic carbocycles. The lowest BCUT2D eigenvalue weighted by Crippen LogP contribution is -2.44. The molecule has 0 bridgehead atoms. The third-order valence-corrected chi connectivity index (χ3v) is 8.14. The van der Waals surface area contributed by atoms with E-state index in [2.05, 4.69) is 10.6 Å². The summed E-state index contributed by atoms with van der Waals surface area (Å²) in [6.07, 6.45) is 1.13. The second kappa shape index (κ2) is 8.83. The first-order valence-corrected chi connectivity index (χ1v) is 12.8. The largest absolute Gasteiger partial charge is 0.444 e. The van der Waals surface area contributed by atoms with E-state index in [-0.39, 0.29) is 29.7 Å². The molecule has 3 amide bonds. The van der Waals surface area contributed by atoms with E-state index >= 15 is 0 Å². The van der Waals surface area contributed by atoms with E-state index in [4.69, 9.17) is 4.74 Å². The van der Waals surface area contributed by atoms with Gasteiger partial charge in [0.05, 0.1) is 29.6 Å². The van der Waals surface area contributed by atoms with Crippen molar-refractivity contribution in [2.75, 3.05) is 47.0 Å². The molecule has 4 aliphatic rings. The predicted octanol–water partition coefficient (Wildman–Crippen LogP) is 2.94. The van der Waals surface area contributed by atoms with Gasteiger partial charge in [-0.05, 0) is 55.6 Å². The third kappa shape index (κ3) is 4.04. The monoisotopic (exact) mass is 496 g/mol. The summed E-state index contributed by atoms with van der Waals surface area (Å²) in [4.78, 5) is 41.4. The molecule has 0 saturated carbocycles. The van der Waals surface area contributed by atoms with E-state index < -0.39 is 6.09 Å². The highest BCUT2D eigenvalue weighted by atomic mass is 32.2.